The van der Waals surface area contributed by atoms with Crippen LogP contribution < -0.4 is 16.0 Å². The Morgan fingerprint density at radius 1 is 1.27 bits per heavy atom. The van der Waals surface area contributed by atoms with Gasteiger partial charge in [0.15, 0.2) is 11.0 Å². The summed E-state index contributed by atoms with van der Waals surface area (Å²) in [6, 6.07) is 7.68. The number of benzene rings is 1. The number of rotatable bonds is 4. The number of carbonyl (C=O) groups excluding carboxylic acids is 1. The number of thiazole rings is 1. The number of carbonyl (C=O) groups is 1. The van der Waals surface area contributed by atoms with Gasteiger partial charge in [0, 0.05) is 24.3 Å². The second kappa shape index (κ2) is 8.29. The summed E-state index contributed by atoms with van der Waals surface area (Å²) in [4.78, 5) is 27.2. The van der Waals surface area contributed by atoms with Crippen molar-refractivity contribution in [2.45, 2.75) is 31.7 Å². The lowest BCUT2D eigenvalue weighted by Gasteiger charge is -2.14. The predicted octanol–water partition coefficient (Wildman–Crippen LogP) is 3.89. The summed E-state index contributed by atoms with van der Waals surface area (Å²) in [6.07, 6.45) is 5.76. The van der Waals surface area contributed by atoms with Crippen molar-refractivity contribution in [1.29, 1.82) is 0 Å². The second-order valence-electron chi connectivity index (χ2n) is 7.47. The SMILES string of the molecule is O=C(NC[C@H]1CCCN1)Nc1nc2c(s1)-c1nc(-c3ccccc3Cl)ncc1CC2. The van der Waals surface area contributed by atoms with E-state index in [-0.39, 0.29) is 6.03 Å². The largest absolute Gasteiger partial charge is 0.336 e. The number of aromatic nitrogens is 3. The minimum Gasteiger partial charge on any atom is -0.336 e. The summed E-state index contributed by atoms with van der Waals surface area (Å²) in [5, 5.41) is 10.4. The van der Waals surface area contributed by atoms with Crippen LogP contribution in [-0.2, 0) is 12.8 Å². The molecule has 0 saturated carbocycles. The van der Waals surface area contributed by atoms with Crippen LogP contribution in [0.25, 0.3) is 22.0 Å². The summed E-state index contributed by atoms with van der Waals surface area (Å²) in [5.74, 6) is 0.594. The Balaban J connectivity index is 1.36. The van der Waals surface area contributed by atoms with Crippen LogP contribution in [0.4, 0.5) is 9.93 Å². The molecule has 0 unspecified atom stereocenters. The number of nitrogens with one attached hydrogen (secondary N) is 3. The highest BCUT2D eigenvalue weighted by Gasteiger charge is 2.24. The molecular weight excluding hydrogens is 420 g/mol. The average Bonchev–Trinajstić information content (AvgIpc) is 3.42. The normalized spacial score (nSPS) is 17.3. The van der Waals surface area contributed by atoms with Gasteiger partial charge in [-0.15, -0.1) is 0 Å². The highest BCUT2D eigenvalue weighted by atomic mass is 35.5. The zero-order valence-corrected chi connectivity index (χ0v) is 17.8. The van der Waals surface area contributed by atoms with E-state index in [2.05, 4.69) is 25.9 Å². The molecule has 1 atom stereocenters. The van der Waals surface area contributed by atoms with E-state index in [4.69, 9.17) is 16.6 Å². The first kappa shape index (κ1) is 19.4. The summed E-state index contributed by atoms with van der Waals surface area (Å²) < 4.78 is 0. The number of amides is 2. The number of anilines is 1. The Morgan fingerprint density at radius 3 is 3.00 bits per heavy atom. The average molecular weight is 441 g/mol. The van der Waals surface area contributed by atoms with Crippen LogP contribution in [0.3, 0.4) is 0 Å². The number of aryl methyl sites for hydroxylation is 2. The van der Waals surface area contributed by atoms with Crippen LogP contribution in [0.1, 0.15) is 24.1 Å². The molecule has 2 aromatic heterocycles. The molecule has 5 rings (SSSR count). The lowest BCUT2D eigenvalue weighted by Crippen LogP contribution is -2.39. The quantitative estimate of drug-likeness (QED) is 0.572. The van der Waals surface area contributed by atoms with Crippen LogP contribution in [0.2, 0.25) is 5.02 Å². The van der Waals surface area contributed by atoms with Crippen molar-refractivity contribution >= 4 is 34.1 Å². The fourth-order valence-electron chi connectivity index (χ4n) is 3.86. The van der Waals surface area contributed by atoms with Gasteiger partial charge >= 0.3 is 6.03 Å². The van der Waals surface area contributed by atoms with Crippen LogP contribution in [-0.4, -0.2) is 40.1 Å². The van der Waals surface area contributed by atoms with Gasteiger partial charge in [-0.1, -0.05) is 35.1 Å². The van der Waals surface area contributed by atoms with Crippen molar-refractivity contribution in [3.8, 4) is 22.0 Å². The Hall–Kier alpha value is -2.55. The molecule has 1 aliphatic heterocycles. The first-order valence-electron chi connectivity index (χ1n) is 10.1. The van der Waals surface area contributed by atoms with Crippen LogP contribution in [0.5, 0.6) is 0 Å². The molecule has 154 valence electrons. The molecule has 9 heteroatoms. The first-order chi connectivity index (χ1) is 14.7. The molecule has 0 spiro atoms. The maximum Gasteiger partial charge on any atom is 0.321 e. The fourth-order valence-corrected chi connectivity index (χ4v) is 5.11. The van der Waals surface area contributed by atoms with Crippen molar-refractivity contribution in [1.82, 2.24) is 25.6 Å². The third-order valence-electron chi connectivity index (χ3n) is 5.41. The van der Waals surface area contributed by atoms with E-state index in [1.54, 1.807) is 0 Å². The first-order valence-corrected chi connectivity index (χ1v) is 11.3. The van der Waals surface area contributed by atoms with E-state index >= 15 is 0 Å². The molecule has 1 fully saturated rings. The van der Waals surface area contributed by atoms with E-state index in [9.17, 15) is 4.79 Å². The minimum absolute atomic E-state index is 0.227. The van der Waals surface area contributed by atoms with Crippen molar-refractivity contribution in [2.24, 2.45) is 0 Å². The van der Waals surface area contributed by atoms with Gasteiger partial charge in [0.05, 0.1) is 21.3 Å². The van der Waals surface area contributed by atoms with Gasteiger partial charge in [-0.05, 0) is 49.9 Å². The highest BCUT2D eigenvalue weighted by Crippen LogP contribution is 2.39. The van der Waals surface area contributed by atoms with Crippen molar-refractivity contribution in [2.75, 3.05) is 18.4 Å². The van der Waals surface area contributed by atoms with Crippen molar-refractivity contribution in [3.05, 3.63) is 46.7 Å². The fraction of sp³-hybridized carbons (Fsp3) is 0.333. The smallest absolute Gasteiger partial charge is 0.321 e. The highest BCUT2D eigenvalue weighted by molar-refractivity contribution is 7.19. The molecule has 0 bridgehead atoms. The van der Waals surface area contributed by atoms with Crippen molar-refractivity contribution < 1.29 is 4.79 Å². The van der Waals surface area contributed by atoms with Gasteiger partial charge in [0.2, 0.25) is 0 Å². The van der Waals surface area contributed by atoms with E-state index in [0.717, 1.165) is 59.6 Å². The molecule has 30 heavy (non-hydrogen) atoms. The number of hydrogen-bond donors (Lipinski definition) is 3. The number of fused-ring (bicyclic) bond motifs is 3. The Bertz CT molecular complexity index is 1090. The molecule has 1 aliphatic carbocycles. The van der Waals surface area contributed by atoms with Crippen molar-refractivity contribution in [3.63, 3.8) is 0 Å². The van der Waals surface area contributed by atoms with E-state index in [0.29, 0.717) is 28.6 Å². The van der Waals surface area contributed by atoms with Gasteiger partial charge < -0.3 is 10.6 Å². The Labute approximate surface area is 183 Å². The molecule has 2 amide bonds. The number of nitrogens with zero attached hydrogens (tertiary/aromatic N) is 3. The van der Waals surface area contributed by atoms with E-state index in [1.807, 2.05) is 30.5 Å². The lowest BCUT2D eigenvalue weighted by atomic mass is 9.99. The number of halogens is 1. The molecule has 3 aromatic rings. The molecule has 1 saturated heterocycles. The van der Waals surface area contributed by atoms with Crippen LogP contribution in [0.15, 0.2) is 30.5 Å². The molecule has 3 heterocycles. The molecule has 1 aromatic carbocycles. The third kappa shape index (κ3) is 3.90. The second-order valence-corrected chi connectivity index (χ2v) is 8.88. The minimum atomic E-state index is -0.227. The predicted molar refractivity (Wildman–Crippen MR) is 119 cm³/mol. The maximum atomic E-state index is 12.3. The van der Waals surface area contributed by atoms with E-state index in [1.165, 1.54) is 11.3 Å². The van der Waals surface area contributed by atoms with Gasteiger partial charge in [-0.2, -0.15) is 0 Å². The lowest BCUT2D eigenvalue weighted by molar-refractivity contribution is 0.251. The summed E-state index contributed by atoms with van der Waals surface area (Å²) in [5.41, 5.74) is 3.73. The molecule has 7 nitrogen and oxygen atoms in total. The number of hydrogen-bond acceptors (Lipinski definition) is 6. The van der Waals surface area contributed by atoms with Gasteiger partial charge in [0.25, 0.3) is 0 Å². The molecule has 3 N–H and O–H groups in total. The van der Waals surface area contributed by atoms with Crippen LogP contribution in [0, 0.1) is 0 Å². The zero-order valence-electron chi connectivity index (χ0n) is 16.2. The third-order valence-corrected chi connectivity index (χ3v) is 6.76. The standard InChI is InChI=1S/C21H21ClN6OS/c22-15-6-2-1-5-14(15)19-24-10-12-7-8-16-18(17(12)27-19)30-21(26-16)28-20(29)25-11-13-4-3-9-23-13/h1-2,5-6,10,13,23H,3-4,7-9,11H2,(H2,25,26,28,29)/t13-/m1/s1. The zero-order chi connectivity index (χ0) is 20.5. The van der Waals surface area contributed by atoms with Gasteiger partial charge in [0.1, 0.15) is 0 Å². The Morgan fingerprint density at radius 2 is 2.17 bits per heavy atom. The van der Waals surface area contributed by atoms with Crippen LogP contribution >= 0.6 is 22.9 Å². The summed E-state index contributed by atoms with van der Waals surface area (Å²) in [7, 11) is 0. The molecule has 0 radical (unpaired) electrons. The molecular formula is C21H21ClN6OS. The maximum absolute atomic E-state index is 12.3. The van der Waals surface area contributed by atoms with Gasteiger partial charge in [-0.3, -0.25) is 5.32 Å². The monoisotopic (exact) mass is 440 g/mol. The summed E-state index contributed by atoms with van der Waals surface area (Å²) in [6.45, 7) is 1.64. The number of urea groups is 1. The van der Waals surface area contributed by atoms with E-state index < -0.39 is 0 Å². The summed E-state index contributed by atoms with van der Waals surface area (Å²) >= 11 is 7.78. The van der Waals surface area contributed by atoms with Gasteiger partial charge in [-0.25, -0.2) is 19.7 Å². The molecule has 2 aliphatic rings. The topological polar surface area (TPSA) is 91.8 Å². The Kier molecular flexibility index (Phi) is 5.37.